The first-order chi connectivity index (χ1) is 14.7. The van der Waals surface area contributed by atoms with Crippen molar-refractivity contribution in [3.05, 3.63) is 66.2 Å². The minimum atomic E-state index is -0.170. The van der Waals surface area contributed by atoms with Gasteiger partial charge in [-0.1, -0.05) is 12.1 Å². The molecule has 0 spiro atoms. The Kier molecular flexibility index (Phi) is 3.59. The summed E-state index contributed by atoms with van der Waals surface area (Å²) in [6, 6.07) is 14.2. The van der Waals surface area contributed by atoms with Gasteiger partial charge in [-0.15, -0.1) is 0 Å². The number of nitrogens with zero attached hydrogens (tertiary/aromatic N) is 3. The van der Waals surface area contributed by atoms with E-state index in [-0.39, 0.29) is 5.91 Å². The lowest BCUT2D eigenvalue weighted by atomic mass is 9.99. The van der Waals surface area contributed by atoms with Crippen LogP contribution in [0.15, 0.2) is 54.9 Å². The van der Waals surface area contributed by atoms with E-state index in [0.717, 1.165) is 57.2 Å². The molecule has 1 fully saturated rings. The van der Waals surface area contributed by atoms with Gasteiger partial charge in [0.15, 0.2) is 0 Å². The average Bonchev–Trinajstić information content (AvgIpc) is 3.14. The largest absolute Gasteiger partial charge is 0.361 e. The molecule has 3 N–H and O–H groups in total. The molecule has 1 aliphatic carbocycles. The number of fused-ring (bicyclic) bond motifs is 2. The second-order valence-corrected chi connectivity index (χ2v) is 7.91. The van der Waals surface area contributed by atoms with Crippen LogP contribution in [0.4, 0.5) is 5.69 Å². The van der Waals surface area contributed by atoms with Crippen molar-refractivity contribution in [2.75, 3.05) is 5.32 Å². The number of aromatic nitrogens is 5. The van der Waals surface area contributed by atoms with Crippen molar-refractivity contribution in [1.29, 1.82) is 0 Å². The lowest BCUT2D eigenvalue weighted by Gasteiger charge is -2.10. The van der Waals surface area contributed by atoms with Crippen LogP contribution in [0.25, 0.3) is 32.9 Å². The Labute approximate surface area is 172 Å². The summed E-state index contributed by atoms with van der Waals surface area (Å²) in [6.45, 7) is 0. The van der Waals surface area contributed by atoms with Crippen LogP contribution in [0.5, 0.6) is 0 Å². The molecule has 0 saturated heterocycles. The van der Waals surface area contributed by atoms with Crippen molar-refractivity contribution in [2.45, 2.75) is 18.8 Å². The smallest absolute Gasteiger partial charge is 0.273 e. The molecule has 148 valence electrons. The highest BCUT2D eigenvalue weighted by atomic mass is 16.2. The number of nitrogens with one attached hydrogen (secondary N) is 3. The number of hydrogen-bond acceptors (Lipinski definition) is 3. The third-order valence-corrected chi connectivity index (χ3v) is 5.84. The highest BCUT2D eigenvalue weighted by Gasteiger charge is 2.28. The minimum Gasteiger partial charge on any atom is -0.361 e. The number of amides is 1. The summed E-state index contributed by atoms with van der Waals surface area (Å²) in [4.78, 5) is 16.3. The van der Waals surface area contributed by atoms with Crippen LogP contribution in [0.1, 0.15) is 34.9 Å². The molecule has 30 heavy (non-hydrogen) atoms. The lowest BCUT2D eigenvalue weighted by Crippen LogP contribution is -2.16. The number of carbonyl (C=O) groups is 1. The fourth-order valence-electron chi connectivity index (χ4n) is 4.11. The van der Waals surface area contributed by atoms with E-state index in [1.54, 1.807) is 10.9 Å². The van der Waals surface area contributed by atoms with E-state index in [1.807, 2.05) is 31.4 Å². The van der Waals surface area contributed by atoms with Gasteiger partial charge >= 0.3 is 0 Å². The number of anilines is 1. The molecule has 6 rings (SSSR count). The van der Waals surface area contributed by atoms with E-state index in [0.29, 0.717) is 11.6 Å². The molecular formula is C23H20N6O. The molecule has 0 bridgehead atoms. The maximum absolute atomic E-state index is 13.1. The molecular weight excluding hydrogens is 376 g/mol. The molecule has 1 saturated carbocycles. The molecule has 3 heterocycles. The summed E-state index contributed by atoms with van der Waals surface area (Å²) in [5.74, 6) is 0.333. The topological polar surface area (TPSA) is 91.4 Å². The SMILES string of the molecule is Cn1nc(C2CC2)cc1C(=O)Nc1cc(-c2cccc3[nH]ccc23)cc2[nH]ncc12. The van der Waals surface area contributed by atoms with E-state index in [1.165, 1.54) is 0 Å². The minimum absolute atomic E-state index is 0.170. The molecule has 3 aromatic heterocycles. The quantitative estimate of drug-likeness (QED) is 0.415. The fourth-order valence-corrected chi connectivity index (χ4v) is 4.11. The summed E-state index contributed by atoms with van der Waals surface area (Å²) in [5, 5.41) is 16.8. The number of aromatic amines is 2. The van der Waals surface area contributed by atoms with Crippen molar-refractivity contribution >= 4 is 33.4 Å². The Morgan fingerprint density at radius 3 is 2.90 bits per heavy atom. The summed E-state index contributed by atoms with van der Waals surface area (Å²) in [7, 11) is 1.82. The number of H-pyrrole nitrogens is 2. The Bertz CT molecular complexity index is 1420. The van der Waals surface area contributed by atoms with E-state index in [4.69, 9.17) is 0 Å². The highest BCUT2D eigenvalue weighted by Crippen LogP contribution is 2.39. The van der Waals surface area contributed by atoms with Crippen LogP contribution in [0.2, 0.25) is 0 Å². The number of hydrogen-bond donors (Lipinski definition) is 3. The van der Waals surface area contributed by atoms with Gasteiger partial charge in [-0.3, -0.25) is 14.6 Å². The second kappa shape index (κ2) is 6.32. The van der Waals surface area contributed by atoms with Gasteiger partial charge in [-0.2, -0.15) is 10.2 Å². The first-order valence-corrected chi connectivity index (χ1v) is 10.1. The first kappa shape index (κ1) is 17.0. The molecule has 5 aromatic rings. The van der Waals surface area contributed by atoms with Gasteiger partial charge in [0.1, 0.15) is 5.69 Å². The molecule has 0 radical (unpaired) electrons. The predicted molar refractivity (Wildman–Crippen MR) is 117 cm³/mol. The Morgan fingerprint density at radius 2 is 2.03 bits per heavy atom. The Morgan fingerprint density at radius 1 is 1.13 bits per heavy atom. The van der Waals surface area contributed by atoms with Crippen LogP contribution >= 0.6 is 0 Å². The molecule has 0 aliphatic heterocycles. The number of rotatable bonds is 4. The van der Waals surface area contributed by atoms with Crippen LogP contribution in [-0.2, 0) is 7.05 Å². The fraction of sp³-hybridized carbons (Fsp3) is 0.174. The van der Waals surface area contributed by atoms with Crippen LogP contribution in [0, 0.1) is 0 Å². The van der Waals surface area contributed by atoms with E-state index < -0.39 is 0 Å². The van der Waals surface area contributed by atoms with Gasteiger partial charge in [-0.25, -0.2) is 0 Å². The summed E-state index contributed by atoms with van der Waals surface area (Å²) in [5.41, 5.74) is 6.34. The normalized spacial score (nSPS) is 13.9. The van der Waals surface area contributed by atoms with Crippen LogP contribution in [0.3, 0.4) is 0 Å². The first-order valence-electron chi connectivity index (χ1n) is 10.1. The Balaban J connectivity index is 1.43. The Hall–Kier alpha value is -3.87. The molecule has 7 nitrogen and oxygen atoms in total. The molecule has 1 amide bonds. The van der Waals surface area contributed by atoms with Crippen molar-refractivity contribution in [3.63, 3.8) is 0 Å². The molecule has 1 aliphatic rings. The van der Waals surface area contributed by atoms with E-state index >= 15 is 0 Å². The average molecular weight is 396 g/mol. The van der Waals surface area contributed by atoms with Gasteiger partial charge in [0.2, 0.25) is 0 Å². The number of carbonyl (C=O) groups excluding carboxylic acids is 1. The monoisotopic (exact) mass is 396 g/mol. The van der Waals surface area contributed by atoms with Crippen molar-refractivity contribution in [1.82, 2.24) is 25.0 Å². The van der Waals surface area contributed by atoms with Crippen molar-refractivity contribution in [2.24, 2.45) is 7.05 Å². The lowest BCUT2D eigenvalue weighted by molar-refractivity contribution is 0.101. The van der Waals surface area contributed by atoms with Crippen molar-refractivity contribution < 1.29 is 4.79 Å². The van der Waals surface area contributed by atoms with Crippen molar-refractivity contribution in [3.8, 4) is 11.1 Å². The third kappa shape index (κ3) is 2.70. The predicted octanol–water partition coefficient (Wildman–Crippen LogP) is 4.57. The third-order valence-electron chi connectivity index (χ3n) is 5.84. The molecule has 2 aromatic carbocycles. The molecule has 0 atom stereocenters. The van der Waals surface area contributed by atoms with E-state index in [9.17, 15) is 4.79 Å². The number of benzene rings is 2. The zero-order chi connectivity index (χ0) is 20.2. The number of aryl methyl sites for hydroxylation is 1. The zero-order valence-corrected chi connectivity index (χ0v) is 16.4. The van der Waals surface area contributed by atoms with Gasteiger partial charge in [-0.05, 0) is 54.3 Å². The summed E-state index contributed by atoms with van der Waals surface area (Å²) >= 11 is 0. The van der Waals surface area contributed by atoms with Gasteiger partial charge in [0.05, 0.1) is 23.1 Å². The zero-order valence-electron chi connectivity index (χ0n) is 16.4. The second-order valence-electron chi connectivity index (χ2n) is 7.91. The molecule has 0 unspecified atom stereocenters. The highest BCUT2D eigenvalue weighted by molar-refractivity contribution is 6.09. The van der Waals surface area contributed by atoms with Crippen LogP contribution in [-0.4, -0.2) is 30.9 Å². The summed E-state index contributed by atoms with van der Waals surface area (Å²) < 4.78 is 1.67. The molecule has 7 heteroatoms. The van der Waals surface area contributed by atoms with Gasteiger partial charge in [0, 0.05) is 35.5 Å². The maximum atomic E-state index is 13.1. The van der Waals surface area contributed by atoms with E-state index in [2.05, 4.69) is 49.9 Å². The van der Waals surface area contributed by atoms with Crippen LogP contribution < -0.4 is 5.32 Å². The van der Waals surface area contributed by atoms with Gasteiger partial charge < -0.3 is 10.3 Å². The van der Waals surface area contributed by atoms with Gasteiger partial charge in [0.25, 0.3) is 5.91 Å². The summed E-state index contributed by atoms with van der Waals surface area (Å²) in [6.07, 6.45) is 5.98. The standard InChI is InChI=1S/C23H20N6O/c1-29-22(11-19(28-29)13-5-6-13)23(30)26-20-9-14(10-21-17(20)12-25-27-21)15-3-2-4-18-16(15)7-8-24-18/h2-4,7-13,24H,5-6H2,1H3,(H,25,27)(H,26,30). The maximum Gasteiger partial charge on any atom is 0.273 e.